The molecule has 122 valence electrons. The Bertz CT molecular complexity index is 698. The van der Waals surface area contributed by atoms with E-state index in [-0.39, 0.29) is 6.10 Å². The molecule has 0 unspecified atom stereocenters. The van der Waals surface area contributed by atoms with Crippen LogP contribution in [0.25, 0.3) is 0 Å². The lowest BCUT2D eigenvalue weighted by atomic mass is 9.91. The van der Waals surface area contributed by atoms with Crippen LogP contribution in [0.1, 0.15) is 42.7 Å². The number of aromatic nitrogens is 4. The lowest BCUT2D eigenvalue weighted by Gasteiger charge is -2.31. The first-order valence-electron chi connectivity index (χ1n) is 8.05. The van der Waals surface area contributed by atoms with E-state index in [1.165, 1.54) is 0 Å². The van der Waals surface area contributed by atoms with Crippen molar-refractivity contribution in [2.45, 2.75) is 39.3 Å². The smallest absolute Gasteiger partial charge is 0.166 e. The molecule has 7 heteroatoms. The summed E-state index contributed by atoms with van der Waals surface area (Å²) < 4.78 is 7.92. The molecule has 1 fully saturated rings. The third-order valence-corrected chi connectivity index (χ3v) is 4.34. The maximum atomic E-state index is 9.20. The second-order valence-corrected chi connectivity index (χ2v) is 5.89. The highest BCUT2D eigenvalue weighted by molar-refractivity contribution is 5.53. The molecule has 1 aliphatic rings. The van der Waals surface area contributed by atoms with Gasteiger partial charge in [0.05, 0.1) is 18.0 Å². The van der Waals surface area contributed by atoms with E-state index in [0.29, 0.717) is 17.3 Å². The molecule has 0 amide bonds. The van der Waals surface area contributed by atoms with Crippen molar-refractivity contribution in [2.75, 3.05) is 18.5 Å². The van der Waals surface area contributed by atoms with Crippen LogP contribution in [0.2, 0.25) is 0 Å². The van der Waals surface area contributed by atoms with Gasteiger partial charge in [0.1, 0.15) is 11.6 Å². The summed E-state index contributed by atoms with van der Waals surface area (Å²) >= 11 is 0. The third kappa shape index (κ3) is 3.22. The maximum Gasteiger partial charge on any atom is 0.166 e. The van der Waals surface area contributed by atoms with Gasteiger partial charge in [0, 0.05) is 37.4 Å². The average molecular weight is 314 g/mol. The Morgan fingerprint density at radius 1 is 1.57 bits per heavy atom. The van der Waals surface area contributed by atoms with E-state index >= 15 is 0 Å². The van der Waals surface area contributed by atoms with Crippen LogP contribution >= 0.6 is 0 Å². The molecule has 0 aromatic carbocycles. The number of nitriles is 1. The number of ether oxygens (including phenoxy) is 1. The molecule has 0 spiro atoms. The molecule has 0 saturated carbocycles. The number of rotatable bonds is 5. The topological polar surface area (TPSA) is 91.5 Å². The van der Waals surface area contributed by atoms with Crippen LogP contribution in [0.15, 0.2) is 12.4 Å². The van der Waals surface area contributed by atoms with Crippen molar-refractivity contribution in [1.82, 2.24) is 20.0 Å². The molecule has 23 heavy (non-hydrogen) atoms. The molecule has 3 heterocycles. The van der Waals surface area contributed by atoms with Crippen molar-refractivity contribution >= 4 is 5.82 Å². The number of nitrogens with zero attached hydrogens (tertiary/aromatic N) is 4. The van der Waals surface area contributed by atoms with Crippen LogP contribution in [0.3, 0.4) is 0 Å². The average Bonchev–Trinajstić information content (AvgIpc) is 3.19. The van der Waals surface area contributed by atoms with E-state index in [1.54, 1.807) is 0 Å². The van der Waals surface area contributed by atoms with Gasteiger partial charge in [0.2, 0.25) is 0 Å². The van der Waals surface area contributed by atoms with Gasteiger partial charge in [0.25, 0.3) is 0 Å². The van der Waals surface area contributed by atoms with Crippen LogP contribution in [0, 0.1) is 24.2 Å². The van der Waals surface area contributed by atoms with Gasteiger partial charge in [-0.3, -0.25) is 9.78 Å². The fourth-order valence-electron chi connectivity index (χ4n) is 3.04. The predicted molar refractivity (Wildman–Crippen MR) is 85.8 cm³/mol. The summed E-state index contributed by atoms with van der Waals surface area (Å²) in [6.45, 7) is 6.28. The van der Waals surface area contributed by atoms with Crippen LogP contribution < -0.4 is 5.32 Å². The summed E-state index contributed by atoms with van der Waals surface area (Å²) in [6, 6.07) is 2.18. The van der Waals surface area contributed by atoms with Gasteiger partial charge < -0.3 is 10.1 Å². The Morgan fingerprint density at radius 2 is 2.43 bits per heavy atom. The van der Waals surface area contributed by atoms with Crippen molar-refractivity contribution in [3.05, 3.63) is 29.2 Å². The minimum atomic E-state index is 0.0436. The molecule has 2 aromatic heterocycles. The van der Waals surface area contributed by atoms with Gasteiger partial charge >= 0.3 is 0 Å². The molecule has 1 aliphatic heterocycles. The second kappa shape index (κ2) is 6.84. The normalized spacial score (nSPS) is 21.1. The van der Waals surface area contributed by atoms with Crippen molar-refractivity contribution < 1.29 is 4.74 Å². The van der Waals surface area contributed by atoms with E-state index < -0.39 is 0 Å². The summed E-state index contributed by atoms with van der Waals surface area (Å²) in [4.78, 5) is 0. The van der Waals surface area contributed by atoms with Crippen molar-refractivity contribution in [2.24, 2.45) is 5.92 Å². The van der Waals surface area contributed by atoms with Crippen molar-refractivity contribution in [3.8, 4) is 6.07 Å². The number of hydrogen-bond acceptors (Lipinski definition) is 5. The van der Waals surface area contributed by atoms with Crippen LogP contribution in [0.4, 0.5) is 5.82 Å². The number of anilines is 1. The van der Waals surface area contributed by atoms with E-state index in [9.17, 15) is 5.26 Å². The Morgan fingerprint density at radius 3 is 3.17 bits per heavy atom. The molecular weight excluding hydrogens is 292 g/mol. The van der Waals surface area contributed by atoms with Gasteiger partial charge in [-0.05, 0) is 26.7 Å². The van der Waals surface area contributed by atoms with Crippen molar-refractivity contribution in [3.63, 3.8) is 0 Å². The zero-order chi connectivity index (χ0) is 16.2. The predicted octanol–water partition coefficient (Wildman–Crippen LogP) is 2.39. The first kappa shape index (κ1) is 15.6. The van der Waals surface area contributed by atoms with Gasteiger partial charge in [-0.2, -0.15) is 15.5 Å². The molecule has 3 rings (SSSR count). The molecule has 0 aliphatic carbocycles. The lowest BCUT2D eigenvalue weighted by Crippen LogP contribution is -2.28. The molecule has 1 saturated heterocycles. The molecule has 7 nitrogen and oxygen atoms in total. The SMILES string of the molecule is CCn1cc([C@@H]2OCCC[C@H]2CNc2n[nH]c(C)c2C#N)cn1. The number of aryl methyl sites for hydroxylation is 2. The fourth-order valence-corrected chi connectivity index (χ4v) is 3.04. The van der Waals surface area contributed by atoms with Gasteiger partial charge in [-0.1, -0.05) is 0 Å². The summed E-state index contributed by atoms with van der Waals surface area (Å²) in [5.74, 6) is 0.959. The Hall–Kier alpha value is -2.33. The van der Waals surface area contributed by atoms with E-state index in [1.807, 2.05) is 17.8 Å². The summed E-state index contributed by atoms with van der Waals surface area (Å²) in [6.07, 6.45) is 6.13. The Kier molecular flexibility index (Phi) is 4.63. The first-order valence-corrected chi connectivity index (χ1v) is 8.05. The largest absolute Gasteiger partial charge is 0.373 e. The molecule has 2 aromatic rings. The minimum Gasteiger partial charge on any atom is -0.373 e. The molecule has 0 bridgehead atoms. The highest BCUT2D eigenvalue weighted by atomic mass is 16.5. The maximum absolute atomic E-state index is 9.20. The highest BCUT2D eigenvalue weighted by Gasteiger charge is 2.28. The van der Waals surface area contributed by atoms with Crippen LogP contribution in [-0.2, 0) is 11.3 Å². The first-order chi connectivity index (χ1) is 11.2. The van der Waals surface area contributed by atoms with E-state index in [0.717, 1.165) is 43.8 Å². The quantitative estimate of drug-likeness (QED) is 0.884. The third-order valence-electron chi connectivity index (χ3n) is 4.34. The zero-order valence-electron chi connectivity index (χ0n) is 13.5. The van der Waals surface area contributed by atoms with Gasteiger partial charge in [-0.15, -0.1) is 0 Å². The van der Waals surface area contributed by atoms with Crippen molar-refractivity contribution in [1.29, 1.82) is 5.26 Å². The Labute approximate surface area is 135 Å². The van der Waals surface area contributed by atoms with Crippen LogP contribution in [0.5, 0.6) is 0 Å². The standard InChI is InChI=1S/C16H22N6O/c1-3-22-10-13(9-19-22)15-12(5-4-6-23-15)8-18-16-14(7-17)11(2)20-21-16/h9-10,12,15H,3-6,8H2,1-2H3,(H2,18,20,21)/t12-,15+/m0/s1. The molecular formula is C16H22N6O. The fraction of sp³-hybridized carbons (Fsp3) is 0.562. The highest BCUT2D eigenvalue weighted by Crippen LogP contribution is 2.33. The van der Waals surface area contributed by atoms with E-state index in [4.69, 9.17) is 4.74 Å². The van der Waals surface area contributed by atoms with Gasteiger partial charge in [-0.25, -0.2) is 0 Å². The number of hydrogen-bond donors (Lipinski definition) is 2. The summed E-state index contributed by atoms with van der Waals surface area (Å²) in [5, 5.41) is 23.9. The second-order valence-electron chi connectivity index (χ2n) is 5.89. The molecule has 2 N–H and O–H groups in total. The number of nitrogens with one attached hydrogen (secondary N) is 2. The zero-order valence-corrected chi connectivity index (χ0v) is 13.5. The van der Waals surface area contributed by atoms with E-state index in [2.05, 4.69) is 39.8 Å². The summed E-state index contributed by atoms with van der Waals surface area (Å²) in [7, 11) is 0. The molecule has 2 atom stereocenters. The lowest BCUT2D eigenvalue weighted by molar-refractivity contribution is -0.0239. The molecule has 0 radical (unpaired) electrons. The minimum absolute atomic E-state index is 0.0436. The summed E-state index contributed by atoms with van der Waals surface area (Å²) in [5.41, 5.74) is 2.49. The Balaban J connectivity index is 1.70. The van der Waals surface area contributed by atoms with Gasteiger partial charge in [0.15, 0.2) is 5.82 Å². The van der Waals surface area contributed by atoms with Crippen LogP contribution in [-0.4, -0.2) is 33.1 Å². The number of aromatic amines is 1. The number of H-pyrrole nitrogens is 1. The monoisotopic (exact) mass is 314 g/mol.